The van der Waals surface area contributed by atoms with E-state index in [-0.39, 0.29) is 10.8 Å². The Hall–Kier alpha value is -1.48. The summed E-state index contributed by atoms with van der Waals surface area (Å²) in [6, 6.07) is 6.69. The molecule has 2 saturated heterocycles. The zero-order valence-electron chi connectivity index (χ0n) is 14.3. The number of piperazine rings is 1. The molecule has 0 bridgehead atoms. The van der Waals surface area contributed by atoms with Crippen LogP contribution in [0.1, 0.15) is 29.6 Å². The molecule has 0 saturated carbocycles. The van der Waals surface area contributed by atoms with Crippen molar-refractivity contribution in [2.24, 2.45) is 0 Å². The standard InChI is InChI=1S/C17H26N4O3S/c22-17(20-9-7-15-2-1-8-19-15)14-3-5-16(6-4-14)25(23,24)21-12-10-18-11-13-21/h3-6,15,18-19H,1-2,7-13H2,(H,20,22)/t15-/m1/s1. The number of carbonyl (C=O) groups excluding carboxylic acids is 1. The van der Waals surface area contributed by atoms with Crippen molar-refractivity contribution in [1.29, 1.82) is 0 Å². The normalized spacial score (nSPS) is 22.0. The topological polar surface area (TPSA) is 90.5 Å². The van der Waals surface area contributed by atoms with Crippen LogP contribution in [0.4, 0.5) is 0 Å². The van der Waals surface area contributed by atoms with Crippen molar-refractivity contribution in [3.05, 3.63) is 29.8 Å². The van der Waals surface area contributed by atoms with Crippen LogP contribution in [0.15, 0.2) is 29.2 Å². The predicted octanol–water partition coefficient (Wildman–Crippen LogP) is 0.152. The third-order valence-electron chi connectivity index (χ3n) is 4.77. The lowest BCUT2D eigenvalue weighted by Crippen LogP contribution is -2.46. The highest BCUT2D eigenvalue weighted by atomic mass is 32.2. The Morgan fingerprint density at radius 3 is 2.52 bits per heavy atom. The maximum atomic E-state index is 12.6. The number of nitrogens with one attached hydrogen (secondary N) is 3. The number of rotatable bonds is 6. The van der Waals surface area contributed by atoms with Crippen LogP contribution in [0.2, 0.25) is 0 Å². The van der Waals surface area contributed by atoms with E-state index in [2.05, 4.69) is 16.0 Å². The minimum atomic E-state index is -3.48. The molecular formula is C17H26N4O3S. The second kappa shape index (κ2) is 8.27. The smallest absolute Gasteiger partial charge is 0.251 e. The zero-order chi connectivity index (χ0) is 17.7. The second-order valence-corrected chi connectivity index (χ2v) is 8.45. The number of hydrogen-bond donors (Lipinski definition) is 3. The summed E-state index contributed by atoms with van der Waals surface area (Å²) in [5, 5.41) is 9.44. The largest absolute Gasteiger partial charge is 0.352 e. The molecule has 0 aliphatic carbocycles. The first-order valence-corrected chi connectivity index (χ1v) is 10.3. The van der Waals surface area contributed by atoms with Crippen molar-refractivity contribution in [3.63, 3.8) is 0 Å². The van der Waals surface area contributed by atoms with Gasteiger partial charge in [0.25, 0.3) is 5.91 Å². The summed E-state index contributed by atoms with van der Waals surface area (Å²) >= 11 is 0. The Morgan fingerprint density at radius 2 is 1.88 bits per heavy atom. The van der Waals surface area contributed by atoms with Gasteiger partial charge in [0.05, 0.1) is 4.90 Å². The third kappa shape index (κ3) is 4.58. The Bertz CT molecular complexity index is 678. The maximum absolute atomic E-state index is 12.6. The number of sulfonamides is 1. The summed E-state index contributed by atoms with van der Waals surface area (Å²) in [4.78, 5) is 12.4. The van der Waals surface area contributed by atoms with Crippen molar-refractivity contribution in [2.45, 2.75) is 30.2 Å². The average Bonchev–Trinajstić information content (AvgIpc) is 3.16. The predicted molar refractivity (Wildman–Crippen MR) is 96.0 cm³/mol. The molecule has 25 heavy (non-hydrogen) atoms. The van der Waals surface area contributed by atoms with Crippen LogP contribution in [0.3, 0.4) is 0 Å². The molecule has 2 heterocycles. The highest BCUT2D eigenvalue weighted by Crippen LogP contribution is 2.17. The van der Waals surface area contributed by atoms with E-state index in [0.29, 0.717) is 44.3 Å². The van der Waals surface area contributed by atoms with Crippen LogP contribution in [-0.2, 0) is 10.0 Å². The van der Waals surface area contributed by atoms with Crippen molar-refractivity contribution < 1.29 is 13.2 Å². The molecule has 3 N–H and O–H groups in total. The number of hydrogen-bond acceptors (Lipinski definition) is 5. The number of nitrogens with zero attached hydrogens (tertiary/aromatic N) is 1. The van der Waals surface area contributed by atoms with Gasteiger partial charge < -0.3 is 16.0 Å². The second-order valence-electron chi connectivity index (χ2n) is 6.52. The minimum absolute atomic E-state index is 0.163. The number of carbonyl (C=O) groups is 1. The molecule has 138 valence electrons. The van der Waals surface area contributed by atoms with Crippen LogP contribution < -0.4 is 16.0 Å². The van der Waals surface area contributed by atoms with Gasteiger partial charge in [0.2, 0.25) is 10.0 Å². The molecule has 0 unspecified atom stereocenters. The van der Waals surface area contributed by atoms with E-state index in [1.807, 2.05) is 0 Å². The number of amides is 1. The maximum Gasteiger partial charge on any atom is 0.251 e. The molecule has 2 aliphatic heterocycles. The van der Waals surface area contributed by atoms with Crippen molar-refractivity contribution in [2.75, 3.05) is 39.3 Å². The quantitative estimate of drug-likeness (QED) is 0.667. The number of benzene rings is 1. The average molecular weight is 366 g/mol. The Balaban J connectivity index is 1.56. The van der Waals surface area contributed by atoms with Crippen LogP contribution >= 0.6 is 0 Å². The first kappa shape index (κ1) is 18.3. The van der Waals surface area contributed by atoms with Gasteiger partial charge in [-0.15, -0.1) is 0 Å². The molecule has 0 spiro atoms. The molecule has 8 heteroatoms. The lowest BCUT2D eigenvalue weighted by atomic mass is 10.1. The molecule has 1 aromatic carbocycles. The summed E-state index contributed by atoms with van der Waals surface area (Å²) in [5.41, 5.74) is 0.485. The van der Waals surface area contributed by atoms with Crippen LogP contribution in [0.5, 0.6) is 0 Å². The van der Waals surface area contributed by atoms with Gasteiger partial charge in [-0.05, 0) is 50.1 Å². The first-order chi connectivity index (χ1) is 12.1. The summed E-state index contributed by atoms with van der Waals surface area (Å²) in [5.74, 6) is -0.163. The molecule has 1 atom stereocenters. The van der Waals surface area contributed by atoms with E-state index in [9.17, 15) is 13.2 Å². The van der Waals surface area contributed by atoms with Gasteiger partial charge in [-0.3, -0.25) is 4.79 Å². The van der Waals surface area contributed by atoms with Gasteiger partial charge in [0.1, 0.15) is 0 Å². The fraction of sp³-hybridized carbons (Fsp3) is 0.588. The Kier molecular flexibility index (Phi) is 6.06. The Labute approximate surface area is 149 Å². The lowest BCUT2D eigenvalue weighted by Gasteiger charge is -2.26. The van der Waals surface area contributed by atoms with Crippen LogP contribution in [-0.4, -0.2) is 63.9 Å². The monoisotopic (exact) mass is 366 g/mol. The van der Waals surface area contributed by atoms with E-state index in [1.54, 1.807) is 12.1 Å². The van der Waals surface area contributed by atoms with E-state index in [1.165, 1.54) is 22.9 Å². The highest BCUT2D eigenvalue weighted by molar-refractivity contribution is 7.89. The molecule has 1 aromatic rings. The minimum Gasteiger partial charge on any atom is -0.352 e. The van der Waals surface area contributed by atoms with Crippen molar-refractivity contribution in [1.82, 2.24) is 20.3 Å². The van der Waals surface area contributed by atoms with Crippen LogP contribution in [0.25, 0.3) is 0 Å². The molecule has 7 nitrogen and oxygen atoms in total. The zero-order valence-corrected chi connectivity index (χ0v) is 15.1. The van der Waals surface area contributed by atoms with Gasteiger partial charge in [-0.25, -0.2) is 8.42 Å². The molecular weight excluding hydrogens is 340 g/mol. The molecule has 2 aliphatic rings. The molecule has 1 amide bonds. The fourth-order valence-electron chi connectivity index (χ4n) is 3.28. The van der Waals surface area contributed by atoms with Gasteiger partial charge in [0.15, 0.2) is 0 Å². The van der Waals surface area contributed by atoms with E-state index >= 15 is 0 Å². The summed E-state index contributed by atoms with van der Waals surface area (Å²) in [6.07, 6.45) is 3.28. The molecule has 0 aromatic heterocycles. The summed E-state index contributed by atoms with van der Waals surface area (Å²) < 4.78 is 26.6. The first-order valence-electron chi connectivity index (χ1n) is 8.90. The molecule has 2 fully saturated rings. The SMILES string of the molecule is O=C(NCC[C@H]1CCCN1)c1ccc(S(=O)(=O)N2CCNCC2)cc1. The fourth-order valence-corrected chi connectivity index (χ4v) is 4.72. The van der Waals surface area contributed by atoms with Crippen LogP contribution in [0, 0.1) is 0 Å². The molecule has 0 radical (unpaired) electrons. The van der Waals surface area contributed by atoms with Gasteiger partial charge in [-0.2, -0.15) is 4.31 Å². The van der Waals surface area contributed by atoms with E-state index < -0.39 is 10.0 Å². The van der Waals surface area contributed by atoms with Crippen molar-refractivity contribution in [3.8, 4) is 0 Å². The van der Waals surface area contributed by atoms with Gasteiger partial charge in [-0.1, -0.05) is 0 Å². The van der Waals surface area contributed by atoms with Crippen molar-refractivity contribution >= 4 is 15.9 Å². The van der Waals surface area contributed by atoms with Gasteiger partial charge >= 0.3 is 0 Å². The van der Waals surface area contributed by atoms with E-state index in [0.717, 1.165) is 19.4 Å². The highest BCUT2D eigenvalue weighted by Gasteiger charge is 2.25. The summed E-state index contributed by atoms with van der Waals surface area (Å²) in [7, 11) is -3.48. The van der Waals surface area contributed by atoms with E-state index in [4.69, 9.17) is 0 Å². The summed E-state index contributed by atoms with van der Waals surface area (Å²) in [6.45, 7) is 3.95. The Morgan fingerprint density at radius 1 is 1.16 bits per heavy atom. The lowest BCUT2D eigenvalue weighted by molar-refractivity contribution is 0.0952. The molecule has 3 rings (SSSR count). The third-order valence-corrected chi connectivity index (χ3v) is 6.68. The van der Waals surface area contributed by atoms with Gasteiger partial charge in [0, 0.05) is 44.3 Å².